The second-order valence-electron chi connectivity index (χ2n) is 6.16. The van der Waals surface area contributed by atoms with Crippen molar-refractivity contribution in [2.75, 3.05) is 12.0 Å². The molecule has 2 fully saturated rings. The van der Waals surface area contributed by atoms with E-state index in [1.165, 1.54) is 0 Å². The fraction of sp³-hybridized carbons (Fsp3) is 0.222. The van der Waals surface area contributed by atoms with Crippen LogP contribution in [0.1, 0.15) is 0 Å². The van der Waals surface area contributed by atoms with Gasteiger partial charge in [0.1, 0.15) is 6.10 Å². The molecule has 2 saturated heterocycles. The molecule has 4 rings (SSSR count). The minimum atomic E-state index is -1.61. The summed E-state index contributed by atoms with van der Waals surface area (Å²) in [4.78, 5) is 12.4. The van der Waals surface area contributed by atoms with Crippen LogP contribution in [0.15, 0.2) is 72.8 Å². The van der Waals surface area contributed by atoms with Crippen molar-refractivity contribution in [1.82, 2.24) is 0 Å². The van der Waals surface area contributed by atoms with Crippen LogP contribution in [-0.4, -0.2) is 41.3 Å². The molecule has 144 valence electrons. The highest BCUT2D eigenvalue weighted by Gasteiger charge is 2.64. The van der Waals surface area contributed by atoms with Crippen LogP contribution in [0.5, 0.6) is 0 Å². The number of carbonyl (C=O) groups excluding carboxylic acids is 1. The minimum absolute atomic E-state index is 0.0470. The summed E-state index contributed by atoms with van der Waals surface area (Å²) in [6.07, 6.45) is -2.03. The quantitative estimate of drug-likeness (QED) is 0.370. The van der Waals surface area contributed by atoms with E-state index in [4.69, 9.17) is 9.47 Å². The fourth-order valence-corrected chi connectivity index (χ4v) is 3.39. The molecule has 8 nitrogen and oxygen atoms in total. The molecule has 0 spiro atoms. The van der Waals surface area contributed by atoms with E-state index in [0.717, 1.165) is 8.95 Å². The van der Waals surface area contributed by atoms with E-state index >= 15 is 0 Å². The largest absolute Gasteiger partial charge is 0.449 e. The van der Waals surface area contributed by atoms with Gasteiger partial charge >= 0.3 is 5.97 Å². The summed E-state index contributed by atoms with van der Waals surface area (Å²) in [7, 11) is 0. The highest BCUT2D eigenvalue weighted by Crippen LogP contribution is 2.39. The predicted molar refractivity (Wildman–Crippen MR) is 108 cm³/mol. The predicted octanol–water partition coefficient (Wildman–Crippen LogP) is 3.78. The number of halogens is 2. The van der Waals surface area contributed by atoms with E-state index in [9.17, 15) is 9.90 Å². The maximum absolute atomic E-state index is 12.4. The first-order valence-corrected chi connectivity index (χ1v) is 9.88. The van der Waals surface area contributed by atoms with Crippen molar-refractivity contribution in [2.24, 2.45) is 15.3 Å². The third kappa shape index (κ3) is 3.60. The number of hydrazone groups is 1. The number of benzene rings is 2. The van der Waals surface area contributed by atoms with Crippen molar-refractivity contribution in [3.8, 4) is 0 Å². The lowest BCUT2D eigenvalue weighted by Gasteiger charge is -2.19. The Morgan fingerprint density at radius 2 is 1.71 bits per heavy atom. The number of nitrogens with zero attached hydrogens (tertiary/aromatic N) is 3. The number of esters is 1. The lowest BCUT2D eigenvalue weighted by molar-refractivity contribution is -0.141. The Hall–Kier alpha value is -2.14. The number of anilines is 1. The van der Waals surface area contributed by atoms with Gasteiger partial charge in [0, 0.05) is 8.95 Å². The van der Waals surface area contributed by atoms with Gasteiger partial charge in [-0.3, -0.25) is 5.43 Å². The lowest BCUT2D eigenvalue weighted by atomic mass is 10.0. The molecule has 2 aliphatic heterocycles. The van der Waals surface area contributed by atoms with Crippen LogP contribution >= 0.6 is 31.9 Å². The summed E-state index contributed by atoms with van der Waals surface area (Å²) in [5.74, 6) is -0.719. The number of hydrogen-bond donors (Lipinski definition) is 2. The van der Waals surface area contributed by atoms with E-state index in [1.807, 2.05) is 24.3 Å². The van der Waals surface area contributed by atoms with Crippen molar-refractivity contribution in [3.63, 3.8) is 0 Å². The van der Waals surface area contributed by atoms with Gasteiger partial charge in [0.25, 0.3) is 5.72 Å². The molecular weight excluding hydrogens is 496 g/mol. The second kappa shape index (κ2) is 7.70. The van der Waals surface area contributed by atoms with Crippen molar-refractivity contribution < 1.29 is 19.4 Å². The first-order valence-electron chi connectivity index (χ1n) is 8.29. The van der Waals surface area contributed by atoms with Gasteiger partial charge in [0.05, 0.1) is 18.0 Å². The zero-order chi connectivity index (χ0) is 19.7. The Morgan fingerprint density at radius 1 is 1.07 bits per heavy atom. The number of hydrogen-bond acceptors (Lipinski definition) is 8. The lowest BCUT2D eigenvalue weighted by Crippen LogP contribution is -2.43. The van der Waals surface area contributed by atoms with E-state index in [0.29, 0.717) is 11.4 Å². The van der Waals surface area contributed by atoms with Crippen LogP contribution < -0.4 is 5.43 Å². The number of rotatable bonds is 4. The summed E-state index contributed by atoms with van der Waals surface area (Å²) in [5.41, 5.74) is 2.31. The molecule has 0 radical (unpaired) electrons. The normalized spacial score (nSPS) is 28.0. The van der Waals surface area contributed by atoms with Crippen LogP contribution in [0.3, 0.4) is 0 Å². The molecule has 28 heavy (non-hydrogen) atoms. The Kier molecular flexibility index (Phi) is 5.28. The van der Waals surface area contributed by atoms with E-state index in [-0.39, 0.29) is 12.3 Å². The molecule has 2 heterocycles. The highest BCUT2D eigenvalue weighted by atomic mass is 79.9. The topological polar surface area (TPSA) is 105 Å². The molecule has 2 N–H and O–H groups in total. The minimum Gasteiger partial charge on any atom is -0.449 e. The smallest absolute Gasteiger partial charge is 0.360 e. The number of carbonyl (C=O) groups is 1. The average molecular weight is 510 g/mol. The summed E-state index contributed by atoms with van der Waals surface area (Å²) >= 11 is 6.71. The summed E-state index contributed by atoms with van der Waals surface area (Å²) in [6.45, 7) is -0.0470. The van der Waals surface area contributed by atoms with Crippen LogP contribution in [0.4, 0.5) is 11.4 Å². The maximum Gasteiger partial charge on any atom is 0.360 e. The number of fused-ring (bicyclic) bond motifs is 1. The molecule has 0 aromatic heterocycles. The molecule has 0 bridgehead atoms. The number of aliphatic hydroxyl groups is 1. The van der Waals surface area contributed by atoms with Crippen molar-refractivity contribution in [2.45, 2.75) is 17.9 Å². The molecule has 3 unspecified atom stereocenters. The van der Waals surface area contributed by atoms with Crippen LogP contribution in [-0.2, 0) is 14.3 Å². The monoisotopic (exact) mass is 508 g/mol. The zero-order valence-electron chi connectivity index (χ0n) is 14.3. The molecule has 3 atom stereocenters. The molecule has 2 aromatic rings. The van der Waals surface area contributed by atoms with Crippen LogP contribution in [0.25, 0.3) is 0 Å². The third-order valence-electron chi connectivity index (χ3n) is 4.26. The highest BCUT2D eigenvalue weighted by molar-refractivity contribution is 9.10. The number of ether oxygens (including phenoxy) is 2. The van der Waals surface area contributed by atoms with E-state index in [2.05, 4.69) is 52.6 Å². The number of nitrogens with one attached hydrogen (secondary N) is 1. The Bertz CT molecular complexity index is 949. The average Bonchev–Trinajstić information content (AvgIpc) is 3.14. The van der Waals surface area contributed by atoms with Crippen molar-refractivity contribution in [3.05, 3.63) is 57.5 Å². The van der Waals surface area contributed by atoms with Gasteiger partial charge in [-0.2, -0.15) is 10.2 Å². The first-order chi connectivity index (χ1) is 13.5. The van der Waals surface area contributed by atoms with Crippen LogP contribution in [0.2, 0.25) is 0 Å². The maximum atomic E-state index is 12.4. The Labute approximate surface area is 176 Å². The van der Waals surface area contributed by atoms with Crippen molar-refractivity contribution >= 4 is 54.9 Å². The van der Waals surface area contributed by atoms with Gasteiger partial charge in [0.2, 0.25) is 5.71 Å². The molecule has 0 amide bonds. The fourth-order valence-electron chi connectivity index (χ4n) is 2.87. The van der Waals surface area contributed by atoms with Gasteiger partial charge in [-0.25, -0.2) is 4.79 Å². The second-order valence-corrected chi connectivity index (χ2v) is 7.99. The SMILES string of the molecule is O=C1OC2C(O)COC2(N=Nc2ccc(Br)cc2)C1=NNc1ccc(Br)cc1. The van der Waals surface area contributed by atoms with Gasteiger partial charge < -0.3 is 14.6 Å². The van der Waals surface area contributed by atoms with Crippen molar-refractivity contribution in [1.29, 1.82) is 0 Å². The summed E-state index contributed by atoms with van der Waals surface area (Å²) in [6, 6.07) is 14.4. The summed E-state index contributed by atoms with van der Waals surface area (Å²) in [5, 5.41) is 22.7. The first kappa shape index (κ1) is 19.2. The number of aliphatic hydroxyl groups excluding tert-OH is 1. The Balaban J connectivity index is 1.67. The Morgan fingerprint density at radius 3 is 2.39 bits per heavy atom. The van der Waals surface area contributed by atoms with Gasteiger partial charge in [-0.05, 0) is 48.5 Å². The van der Waals surface area contributed by atoms with Gasteiger partial charge in [-0.1, -0.05) is 31.9 Å². The molecule has 2 aliphatic rings. The molecule has 0 saturated carbocycles. The molecule has 2 aromatic carbocycles. The third-order valence-corrected chi connectivity index (χ3v) is 5.31. The molecule has 0 aliphatic carbocycles. The van der Waals surface area contributed by atoms with E-state index in [1.54, 1.807) is 24.3 Å². The number of azo groups is 1. The van der Waals surface area contributed by atoms with Gasteiger partial charge in [-0.15, -0.1) is 5.11 Å². The van der Waals surface area contributed by atoms with E-state index < -0.39 is 23.9 Å². The van der Waals surface area contributed by atoms with Gasteiger partial charge in [0.15, 0.2) is 6.10 Å². The standard InChI is InChI=1S/C18H14Br2N4O4/c19-10-1-5-12(6-2-10)21-23-15-17(26)28-16-14(25)9-27-18(15,16)24-22-13-7-3-11(20)4-8-13/h1-8,14,16,21,25H,9H2. The van der Waals surface area contributed by atoms with Crippen LogP contribution in [0, 0.1) is 0 Å². The summed E-state index contributed by atoms with van der Waals surface area (Å²) < 4.78 is 12.8. The molecular formula is C18H14Br2N4O4. The zero-order valence-corrected chi connectivity index (χ0v) is 17.4. The molecule has 10 heteroatoms.